The number of ketones is 1. The Labute approximate surface area is 176 Å². The van der Waals surface area contributed by atoms with Crippen molar-refractivity contribution in [1.82, 2.24) is 0 Å². The summed E-state index contributed by atoms with van der Waals surface area (Å²) in [6, 6.07) is 0. The maximum Gasteiger partial charge on any atom is 0.306 e. The van der Waals surface area contributed by atoms with Gasteiger partial charge < -0.3 is 25.2 Å². The molecule has 0 aromatic carbocycles. The zero-order valence-electron chi connectivity index (χ0n) is 18.2. The van der Waals surface area contributed by atoms with Crippen molar-refractivity contribution in [2.24, 2.45) is 29.1 Å². The molecule has 0 aromatic rings. The number of hydrogen-bond donors (Lipinski definition) is 4. The Hall–Kier alpha value is -1.54. The van der Waals surface area contributed by atoms with Gasteiger partial charge in [-0.1, -0.05) is 39.8 Å². The largest absolute Gasteiger partial charge is 0.455 e. The Kier molecular flexibility index (Phi) is 4.52. The van der Waals surface area contributed by atoms with E-state index in [4.69, 9.17) is 4.74 Å². The highest BCUT2D eigenvalue weighted by Gasteiger charge is 2.86. The summed E-state index contributed by atoms with van der Waals surface area (Å²) in [5.41, 5.74) is -4.52. The number of aliphatic hydroxyl groups is 4. The van der Waals surface area contributed by atoms with Crippen molar-refractivity contribution < 1.29 is 34.8 Å². The average Bonchev–Trinajstić information content (AvgIpc) is 3.12. The van der Waals surface area contributed by atoms with Gasteiger partial charge in [0.2, 0.25) is 0 Å². The number of Topliss-reactive ketones (excluding diaryl/α,β-unsaturated/α-hetero) is 1. The first-order valence-corrected chi connectivity index (χ1v) is 10.7. The van der Waals surface area contributed by atoms with E-state index in [1.165, 1.54) is 0 Å². The molecule has 0 bridgehead atoms. The molecule has 0 aromatic heterocycles. The van der Waals surface area contributed by atoms with Gasteiger partial charge in [-0.2, -0.15) is 0 Å². The van der Waals surface area contributed by atoms with Crippen molar-refractivity contribution in [1.29, 1.82) is 0 Å². The first kappa shape index (κ1) is 21.7. The van der Waals surface area contributed by atoms with E-state index in [1.54, 1.807) is 32.9 Å². The van der Waals surface area contributed by atoms with Crippen LogP contribution in [0.1, 0.15) is 47.5 Å². The normalized spacial score (nSPS) is 48.6. The van der Waals surface area contributed by atoms with Crippen LogP contribution in [0.25, 0.3) is 0 Å². The number of aliphatic hydroxyl groups excluding tert-OH is 2. The molecule has 4 aliphatic rings. The Bertz CT molecular complexity index is 873. The van der Waals surface area contributed by atoms with Crippen LogP contribution >= 0.6 is 0 Å². The van der Waals surface area contributed by atoms with E-state index in [-0.39, 0.29) is 19.4 Å². The van der Waals surface area contributed by atoms with Gasteiger partial charge in [0.05, 0.1) is 18.3 Å². The second-order valence-electron chi connectivity index (χ2n) is 10.2. The van der Waals surface area contributed by atoms with E-state index in [0.717, 1.165) is 0 Å². The summed E-state index contributed by atoms with van der Waals surface area (Å²) < 4.78 is 5.85. The fraction of sp³-hybridized carbons (Fsp3) is 0.739. The van der Waals surface area contributed by atoms with Gasteiger partial charge in [0.25, 0.3) is 0 Å². The van der Waals surface area contributed by atoms with E-state index < -0.39 is 63.7 Å². The topological polar surface area (TPSA) is 124 Å². The molecule has 2 unspecified atom stereocenters. The first-order valence-electron chi connectivity index (χ1n) is 10.7. The van der Waals surface area contributed by atoms with Gasteiger partial charge in [0.1, 0.15) is 11.2 Å². The minimum absolute atomic E-state index is 0.0860. The predicted octanol–water partition coefficient (Wildman–Crippen LogP) is 0.891. The highest BCUT2D eigenvalue weighted by molar-refractivity contribution is 6.04. The third kappa shape index (κ3) is 2.24. The third-order valence-corrected chi connectivity index (χ3v) is 8.57. The summed E-state index contributed by atoms with van der Waals surface area (Å²) >= 11 is 0. The lowest BCUT2D eigenvalue weighted by Gasteiger charge is -2.52. The number of carbonyl (C=O) groups excluding carboxylic acids is 2. The first-order chi connectivity index (χ1) is 13.8. The van der Waals surface area contributed by atoms with E-state index in [2.05, 4.69) is 0 Å². The van der Waals surface area contributed by atoms with E-state index >= 15 is 0 Å². The Morgan fingerprint density at radius 1 is 1.27 bits per heavy atom. The van der Waals surface area contributed by atoms with Crippen LogP contribution in [0.15, 0.2) is 23.3 Å². The maximum atomic E-state index is 12.9. The standard InChI is InChI=1S/C23H32O7/c1-6-16(25)30-23-17(20(23,4)5)14-8-13(10-24)9-21(28)15(7-11(2)18(21)26)22(14,29)12(3)19(23)27/h7-8,12,14-15,17,19,24,27-29H,6,9-10H2,1-5H3/t12-,14?,15?,17-,19-,21-,22-,23-/m1/s1. The molecule has 30 heavy (non-hydrogen) atoms. The van der Waals surface area contributed by atoms with Crippen LogP contribution in [-0.4, -0.2) is 61.7 Å². The molecule has 2 fully saturated rings. The van der Waals surface area contributed by atoms with E-state index in [0.29, 0.717) is 11.1 Å². The Morgan fingerprint density at radius 3 is 2.47 bits per heavy atom. The zero-order chi connectivity index (χ0) is 22.4. The average molecular weight is 421 g/mol. The molecule has 0 spiro atoms. The predicted molar refractivity (Wildman–Crippen MR) is 107 cm³/mol. The summed E-state index contributed by atoms with van der Waals surface area (Å²) in [5.74, 6) is -3.68. The van der Waals surface area contributed by atoms with Crippen LogP contribution in [0, 0.1) is 29.1 Å². The second kappa shape index (κ2) is 6.25. The number of fused-ring (bicyclic) bond motifs is 5. The fourth-order valence-corrected chi connectivity index (χ4v) is 6.93. The Balaban J connectivity index is 1.92. The lowest BCUT2D eigenvalue weighted by molar-refractivity contribution is -0.219. The Morgan fingerprint density at radius 2 is 1.90 bits per heavy atom. The summed E-state index contributed by atoms with van der Waals surface area (Å²) in [4.78, 5) is 25.1. The van der Waals surface area contributed by atoms with Crippen molar-refractivity contribution in [3.8, 4) is 0 Å². The van der Waals surface area contributed by atoms with Crippen molar-refractivity contribution in [3.05, 3.63) is 23.3 Å². The molecular formula is C23H32O7. The van der Waals surface area contributed by atoms with Gasteiger partial charge in [-0.15, -0.1) is 0 Å². The number of hydrogen-bond acceptors (Lipinski definition) is 7. The van der Waals surface area contributed by atoms with Crippen LogP contribution in [0.2, 0.25) is 0 Å². The summed E-state index contributed by atoms with van der Waals surface area (Å²) in [7, 11) is 0. The van der Waals surface area contributed by atoms with E-state index in [1.807, 2.05) is 13.8 Å². The van der Waals surface area contributed by atoms with Crippen LogP contribution in [0.3, 0.4) is 0 Å². The number of esters is 1. The van der Waals surface area contributed by atoms with Gasteiger partial charge in [-0.3, -0.25) is 9.59 Å². The zero-order valence-corrected chi connectivity index (χ0v) is 18.2. The second-order valence-corrected chi connectivity index (χ2v) is 10.2. The van der Waals surface area contributed by atoms with Crippen LogP contribution in [0.4, 0.5) is 0 Å². The summed E-state index contributed by atoms with van der Waals surface area (Å²) in [5, 5.41) is 44.9. The van der Waals surface area contributed by atoms with Gasteiger partial charge in [-0.05, 0) is 18.1 Å². The summed E-state index contributed by atoms with van der Waals surface area (Å²) in [6.45, 7) is 8.40. The van der Waals surface area contributed by atoms with Crippen molar-refractivity contribution in [3.63, 3.8) is 0 Å². The molecule has 2 saturated carbocycles. The van der Waals surface area contributed by atoms with Crippen LogP contribution in [0.5, 0.6) is 0 Å². The molecule has 0 saturated heterocycles. The molecule has 7 nitrogen and oxygen atoms in total. The molecular weight excluding hydrogens is 388 g/mol. The fourth-order valence-electron chi connectivity index (χ4n) is 6.93. The molecule has 4 aliphatic carbocycles. The number of rotatable bonds is 3. The number of carbonyl (C=O) groups is 2. The van der Waals surface area contributed by atoms with Crippen LogP contribution in [-0.2, 0) is 14.3 Å². The highest BCUT2D eigenvalue weighted by atomic mass is 16.6. The molecule has 0 heterocycles. The van der Waals surface area contributed by atoms with E-state index in [9.17, 15) is 30.0 Å². The quantitative estimate of drug-likeness (QED) is 0.395. The maximum absolute atomic E-state index is 12.9. The molecule has 4 N–H and O–H groups in total. The minimum atomic E-state index is -1.88. The smallest absolute Gasteiger partial charge is 0.306 e. The molecule has 0 amide bonds. The van der Waals surface area contributed by atoms with Gasteiger partial charge in [-0.25, -0.2) is 0 Å². The highest BCUT2D eigenvalue weighted by Crippen LogP contribution is 2.76. The summed E-state index contributed by atoms with van der Waals surface area (Å²) in [6.07, 6.45) is 2.25. The molecule has 166 valence electrons. The van der Waals surface area contributed by atoms with Gasteiger partial charge in [0, 0.05) is 41.9 Å². The molecule has 0 radical (unpaired) electrons. The number of ether oxygens (including phenoxy) is 1. The van der Waals surface area contributed by atoms with Gasteiger partial charge in [0.15, 0.2) is 5.78 Å². The van der Waals surface area contributed by atoms with Gasteiger partial charge >= 0.3 is 5.97 Å². The minimum Gasteiger partial charge on any atom is -0.455 e. The molecule has 0 aliphatic heterocycles. The van der Waals surface area contributed by atoms with Crippen molar-refractivity contribution in [2.75, 3.05) is 6.61 Å². The monoisotopic (exact) mass is 420 g/mol. The SMILES string of the molecule is CCC(=O)O[C@@]12[C@H](O)[C@@H](C)[C@@]3(O)C(C=C(CO)C[C@]4(O)C(=O)C(C)=CC34)[C@@H]1C2(C)C. The lowest BCUT2D eigenvalue weighted by Crippen LogP contribution is -2.65. The molecule has 4 rings (SSSR count). The lowest BCUT2D eigenvalue weighted by atomic mass is 9.59. The van der Waals surface area contributed by atoms with Crippen molar-refractivity contribution >= 4 is 11.8 Å². The third-order valence-electron chi connectivity index (χ3n) is 8.57. The van der Waals surface area contributed by atoms with Crippen LogP contribution < -0.4 is 0 Å². The van der Waals surface area contributed by atoms with Crippen molar-refractivity contribution in [2.45, 2.75) is 70.4 Å². The molecule has 7 heteroatoms. The molecule has 8 atom stereocenters.